The van der Waals surface area contributed by atoms with E-state index >= 15 is 0 Å². The van der Waals surface area contributed by atoms with Crippen LogP contribution >= 0.6 is 15.9 Å². The molecule has 0 heterocycles. The van der Waals surface area contributed by atoms with Crippen LogP contribution in [0.2, 0.25) is 0 Å². The average Bonchev–Trinajstić information content (AvgIpc) is 2.37. The molecule has 0 bridgehead atoms. The van der Waals surface area contributed by atoms with Crippen molar-refractivity contribution in [1.29, 1.82) is 0 Å². The van der Waals surface area contributed by atoms with Crippen molar-refractivity contribution in [2.45, 2.75) is 19.8 Å². The summed E-state index contributed by atoms with van der Waals surface area (Å²) in [6, 6.07) is 4.69. The smallest absolute Gasteiger partial charge is 0.339 e. The largest absolute Gasteiger partial charge is 0.482 e. The quantitative estimate of drug-likeness (QED) is 0.753. The summed E-state index contributed by atoms with van der Waals surface area (Å²) in [5.41, 5.74) is 0.0238. The van der Waals surface area contributed by atoms with Gasteiger partial charge in [-0.05, 0) is 34.5 Å². The van der Waals surface area contributed by atoms with Crippen LogP contribution in [0.25, 0.3) is 0 Å². The van der Waals surface area contributed by atoms with E-state index in [-0.39, 0.29) is 23.8 Å². The number of carboxylic acids is 1. The fourth-order valence-corrected chi connectivity index (χ4v) is 1.90. The summed E-state index contributed by atoms with van der Waals surface area (Å²) < 4.78 is 5.79. The van der Waals surface area contributed by atoms with Gasteiger partial charge in [0.15, 0.2) is 6.61 Å². The predicted molar refractivity (Wildman–Crippen MR) is 74.5 cm³/mol. The highest BCUT2D eigenvalue weighted by Gasteiger charge is 2.15. The Morgan fingerprint density at radius 2 is 2.16 bits per heavy atom. The molecule has 19 heavy (non-hydrogen) atoms. The monoisotopic (exact) mass is 329 g/mol. The van der Waals surface area contributed by atoms with Gasteiger partial charge >= 0.3 is 5.97 Å². The van der Waals surface area contributed by atoms with Gasteiger partial charge in [0.05, 0.1) is 4.47 Å². The Balaban J connectivity index is 2.62. The number of hydrogen-bond donors (Lipinski definition) is 2. The number of amides is 1. The Labute approximate surface area is 120 Å². The molecule has 1 rings (SSSR count). The number of unbranched alkanes of at least 4 members (excludes halogenated alkanes) is 1. The van der Waals surface area contributed by atoms with Crippen LogP contribution in [0, 0.1) is 0 Å². The molecule has 0 aliphatic heterocycles. The maximum atomic E-state index is 11.5. The summed E-state index contributed by atoms with van der Waals surface area (Å²) in [7, 11) is 0. The van der Waals surface area contributed by atoms with Gasteiger partial charge in [-0.15, -0.1) is 0 Å². The van der Waals surface area contributed by atoms with Gasteiger partial charge in [0.1, 0.15) is 11.3 Å². The molecule has 0 saturated heterocycles. The molecule has 0 unspecified atom stereocenters. The molecule has 0 spiro atoms. The van der Waals surface area contributed by atoms with Crippen LogP contribution in [-0.2, 0) is 4.79 Å². The third-order valence-corrected chi connectivity index (χ3v) is 3.02. The SMILES string of the molecule is CCCCNC(=O)COc1c(Br)cccc1C(=O)O. The van der Waals surface area contributed by atoms with Crippen LogP contribution in [0.5, 0.6) is 5.75 Å². The van der Waals surface area contributed by atoms with E-state index in [0.717, 1.165) is 12.8 Å². The van der Waals surface area contributed by atoms with Crippen molar-refractivity contribution >= 4 is 27.8 Å². The zero-order chi connectivity index (χ0) is 14.3. The molecule has 0 aliphatic rings. The third kappa shape index (κ3) is 4.90. The lowest BCUT2D eigenvalue weighted by molar-refractivity contribution is -0.123. The number of ether oxygens (including phenoxy) is 1. The topological polar surface area (TPSA) is 75.6 Å². The molecule has 1 aromatic carbocycles. The van der Waals surface area contributed by atoms with Crippen LogP contribution in [0.15, 0.2) is 22.7 Å². The molecule has 0 fully saturated rings. The molecule has 0 atom stereocenters. The number of rotatable bonds is 7. The highest BCUT2D eigenvalue weighted by atomic mass is 79.9. The average molecular weight is 330 g/mol. The molecular formula is C13H16BrNO4. The van der Waals surface area contributed by atoms with E-state index in [4.69, 9.17) is 9.84 Å². The van der Waals surface area contributed by atoms with Crippen molar-refractivity contribution in [3.63, 3.8) is 0 Å². The summed E-state index contributed by atoms with van der Waals surface area (Å²) in [6.07, 6.45) is 1.90. The number of halogens is 1. The van der Waals surface area contributed by atoms with Gasteiger partial charge in [0.2, 0.25) is 0 Å². The number of hydrogen-bond acceptors (Lipinski definition) is 3. The number of carboxylic acid groups (broad SMARTS) is 1. The molecule has 1 aromatic rings. The minimum absolute atomic E-state index is 0.0238. The number of carbonyl (C=O) groups excluding carboxylic acids is 1. The van der Waals surface area contributed by atoms with Gasteiger partial charge in [-0.25, -0.2) is 4.79 Å². The van der Waals surface area contributed by atoms with Crippen LogP contribution in [-0.4, -0.2) is 30.1 Å². The Bertz CT molecular complexity index is 462. The van der Waals surface area contributed by atoms with Crippen LogP contribution in [0.3, 0.4) is 0 Å². The van der Waals surface area contributed by atoms with E-state index in [1.165, 1.54) is 6.07 Å². The molecule has 104 valence electrons. The lowest BCUT2D eigenvalue weighted by Crippen LogP contribution is -2.29. The first kappa shape index (κ1) is 15.5. The van der Waals surface area contributed by atoms with Gasteiger partial charge < -0.3 is 15.2 Å². The zero-order valence-corrected chi connectivity index (χ0v) is 12.2. The van der Waals surface area contributed by atoms with E-state index in [1.807, 2.05) is 6.92 Å². The molecule has 0 radical (unpaired) electrons. The normalized spacial score (nSPS) is 10.0. The number of aromatic carboxylic acids is 1. The lowest BCUT2D eigenvalue weighted by atomic mass is 10.2. The Morgan fingerprint density at radius 1 is 1.42 bits per heavy atom. The lowest BCUT2D eigenvalue weighted by Gasteiger charge is -2.11. The van der Waals surface area contributed by atoms with Crippen molar-refractivity contribution in [2.24, 2.45) is 0 Å². The zero-order valence-electron chi connectivity index (χ0n) is 10.6. The van der Waals surface area contributed by atoms with E-state index in [1.54, 1.807) is 12.1 Å². The first-order valence-electron chi connectivity index (χ1n) is 5.97. The molecule has 0 aliphatic carbocycles. The standard InChI is InChI=1S/C13H16BrNO4/c1-2-3-7-15-11(16)8-19-12-9(13(17)18)5-4-6-10(12)14/h4-6H,2-3,7-8H2,1H3,(H,15,16)(H,17,18). The van der Waals surface area contributed by atoms with Crippen molar-refractivity contribution in [2.75, 3.05) is 13.2 Å². The predicted octanol–water partition coefficient (Wildman–Crippen LogP) is 2.44. The van der Waals surface area contributed by atoms with Gasteiger partial charge in [-0.1, -0.05) is 19.4 Å². The summed E-state index contributed by atoms with van der Waals surface area (Å²) in [4.78, 5) is 22.5. The Hall–Kier alpha value is -1.56. The Morgan fingerprint density at radius 3 is 2.79 bits per heavy atom. The summed E-state index contributed by atoms with van der Waals surface area (Å²) in [6.45, 7) is 2.43. The van der Waals surface area contributed by atoms with E-state index in [0.29, 0.717) is 11.0 Å². The molecule has 0 aromatic heterocycles. The summed E-state index contributed by atoms with van der Waals surface area (Å²) >= 11 is 3.21. The maximum Gasteiger partial charge on any atom is 0.339 e. The molecule has 0 saturated carbocycles. The molecular weight excluding hydrogens is 314 g/mol. The van der Waals surface area contributed by atoms with Crippen LogP contribution in [0.4, 0.5) is 0 Å². The van der Waals surface area contributed by atoms with Gasteiger partial charge in [-0.2, -0.15) is 0 Å². The Kier molecular flexibility index (Phi) is 6.35. The van der Waals surface area contributed by atoms with E-state index in [9.17, 15) is 9.59 Å². The van der Waals surface area contributed by atoms with Crippen molar-refractivity contribution in [3.8, 4) is 5.75 Å². The van der Waals surface area contributed by atoms with E-state index < -0.39 is 5.97 Å². The van der Waals surface area contributed by atoms with Crippen molar-refractivity contribution < 1.29 is 19.4 Å². The number of para-hydroxylation sites is 1. The first-order chi connectivity index (χ1) is 9.06. The fraction of sp³-hybridized carbons (Fsp3) is 0.385. The van der Waals surface area contributed by atoms with Gasteiger partial charge in [-0.3, -0.25) is 4.79 Å². The van der Waals surface area contributed by atoms with Crippen molar-refractivity contribution in [1.82, 2.24) is 5.32 Å². The molecule has 2 N–H and O–H groups in total. The van der Waals surface area contributed by atoms with Gasteiger partial charge in [0.25, 0.3) is 5.91 Å². The fourth-order valence-electron chi connectivity index (χ4n) is 1.42. The minimum Gasteiger partial charge on any atom is -0.482 e. The van der Waals surface area contributed by atoms with Gasteiger partial charge in [0, 0.05) is 6.54 Å². The number of nitrogens with one attached hydrogen (secondary N) is 1. The minimum atomic E-state index is -1.09. The molecule has 1 amide bonds. The second kappa shape index (κ2) is 7.78. The molecule has 5 nitrogen and oxygen atoms in total. The van der Waals surface area contributed by atoms with E-state index in [2.05, 4.69) is 21.2 Å². The number of carbonyl (C=O) groups is 2. The highest BCUT2D eigenvalue weighted by Crippen LogP contribution is 2.28. The second-order valence-corrected chi connectivity index (χ2v) is 4.77. The molecule has 6 heteroatoms. The highest BCUT2D eigenvalue weighted by molar-refractivity contribution is 9.10. The van der Waals surface area contributed by atoms with Crippen molar-refractivity contribution in [3.05, 3.63) is 28.2 Å². The van der Waals surface area contributed by atoms with Crippen LogP contribution < -0.4 is 10.1 Å². The third-order valence-electron chi connectivity index (χ3n) is 2.40. The number of benzene rings is 1. The second-order valence-electron chi connectivity index (χ2n) is 3.91. The summed E-state index contributed by atoms with van der Waals surface area (Å²) in [5.74, 6) is -1.19. The first-order valence-corrected chi connectivity index (χ1v) is 6.76. The summed E-state index contributed by atoms with van der Waals surface area (Å²) in [5, 5.41) is 11.7. The maximum absolute atomic E-state index is 11.5. The van der Waals surface area contributed by atoms with Crippen LogP contribution in [0.1, 0.15) is 30.1 Å².